The van der Waals surface area contributed by atoms with Gasteiger partial charge >= 0.3 is 0 Å². The summed E-state index contributed by atoms with van der Waals surface area (Å²) in [6.07, 6.45) is 1.20. The molecule has 0 aromatic rings. The van der Waals surface area contributed by atoms with Crippen LogP contribution in [0.15, 0.2) is 12.7 Å². The molecule has 3 heteroatoms. The molecule has 0 amide bonds. The molecule has 1 aliphatic heterocycles. The number of ether oxygens (including phenoxy) is 2. The molecule has 0 radical (unpaired) electrons. The summed E-state index contributed by atoms with van der Waals surface area (Å²) in [6.45, 7) is 7.20. The van der Waals surface area contributed by atoms with E-state index in [0.29, 0.717) is 0 Å². The van der Waals surface area contributed by atoms with Crippen molar-refractivity contribution in [1.29, 1.82) is 0 Å². The highest BCUT2D eigenvalue weighted by molar-refractivity contribution is 4.92. The van der Waals surface area contributed by atoms with Crippen molar-refractivity contribution in [3.05, 3.63) is 12.7 Å². The zero-order chi connectivity index (χ0) is 8.48. The van der Waals surface area contributed by atoms with Crippen molar-refractivity contribution >= 4 is 0 Å². The predicted molar refractivity (Wildman–Crippen MR) is 41.1 cm³/mol. The van der Waals surface area contributed by atoms with Crippen molar-refractivity contribution in [3.63, 3.8) is 0 Å². The van der Waals surface area contributed by atoms with Gasteiger partial charge in [0.1, 0.15) is 12.2 Å². The molecule has 64 valence electrons. The molecule has 1 saturated heterocycles. The zero-order valence-electron chi connectivity index (χ0n) is 6.91. The number of hydrogen-bond donors (Lipinski definition) is 1. The van der Waals surface area contributed by atoms with Gasteiger partial charge in [-0.05, 0) is 13.8 Å². The summed E-state index contributed by atoms with van der Waals surface area (Å²) in [4.78, 5) is 0. The summed E-state index contributed by atoms with van der Waals surface area (Å²) in [7, 11) is 0. The van der Waals surface area contributed by atoms with E-state index in [1.165, 1.54) is 0 Å². The Bertz CT molecular complexity index is 153. The molecule has 2 atom stereocenters. The Hall–Kier alpha value is -0.380. The molecule has 0 saturated carbocycles. The lowest BCUT2D eigenvalue weighted by atomic mass is 10.2. The van der Waals surface area contributed by atoms with Gasteiger partial charge in [-0.15, -0.1) is 6.58 Å². The van der Waals surface area contributed by atoms with E-state index < -0.39 is 5.79 Å². The Morgan fingerprint density at radius 2 is 2.18 bits per heavy atom. The molecule has 1 aliphatic rings. The van der Waals surface area contributed by atoms with Gasteiger partial charge in [0.05, 0.1) is 6.61 Å². The Morgan fingerprint density at radius 3 is 2.55 bits per heavy atom. The van der Waals surface area contributed by atoms with Crippen molar-refractivity contribution in [2.75, 3.05) is 6.61 Å². The van der Waals surface area contributed by atoms with Gasteiger partial charge in [-0.3, -0.25) is 0 Å². The van der Waals surface area contributed by atoms with E-state index in [9.17, 15) is 0 Å². The molecule has 0 aliphatic carbocycles. The van der Waals surface area contributed by atoms with Crippen LogP contribution in [0.4, 0.5) is 0 Å². The number of aliphatic hydroxyl groups excluding tert-OH is 1. The highest BCUT2D eigenvalue weighted by Gasteiger charge is 2.38. The Kier molecular flexibility index (Phi) is 2.32. The van der Waals surface area contributed by atoms with E-state index in [1.54, 1.807) is 6.08 Å². The van der Waals surface area contributed by atoms with Gasteiger partial charge in [-0.25, -0.2) is 0 Å². The summed E-state index contributed by atoms with van der Waals surface area (Å²) in [5.74, 6) is -0.591. The van der Waals surface area contributed by atoms with Gasteiger partial charge in [0.2, 0.25) is 0 Å². The average Bonchev–Trinajstić information content (AvgIpc) is 2.25. The first-order valence-corrected chi connectivity index (χ1v) is 3.68. The highest BCUT2D eigenvalue weighted by Crippen LogP contribution is 2.27. The largest absolute Gasteiger partial charge is 0.394 e. The van der Waals surface area contributed by atoms with Crippen LogP contribution >= 0.6 is 0 Å². The SMILES string of the molecule is C=CC1OC(C)(C)OC1CO. The Morgan fingerprint density at radius 1 is 1.55 bits per heavy atom. The molecule has 2 unspecified atom stereocenters. The fraction of sp³-hybridized carbons (Fsp3) is 0.750. The topological polar surface area (TPSA) is 38.7 Å². The summed E-state index contributed by atoms with van der Waals surface area (Å²) < 4.78 is 10.8. The molecule has 3 nitrogen and oxygen atoms in total. The molecule has 11 heavy (non-hydrogen) atoms. The van der Waals surface area contributed by atoms with Crippen molar-refractivity contribution in [3.8, 4) is 0 Å². The quantitative estimate of drug-likeness (QED) is 0.601. The minimum Gasteiger partial charge on any atom is -0.394 e. The van der Waals surface area contributed by atoms with Crippen molar-refractivity contribution in [2.45, 2.75) is 31.8 Å². The van der Waals surface area contributed by atoms with Crippen LogP contribution in [-0.4, -0.2) is 29.7 Å². The molecule has 1 fully saturated rings. The molecule has 0 spiro atoms. The molecule has 0 bridgehead atoms. The van der Waals surface area contributed by atoms with E-state index in [0.717, 1.165) is 0 Å². The Balaban J connectivity index is 2.62. The van der Waals surface area contributed by atoms with Crippen molar-refractivity contribution in [2.24, 2.45) is 0 Å². The minimum absolute atomic E-state index is 0.0277. The van der Waals surface area contributed by atoms with Crippen molar-refractivity contribution < 1.29 is 14.6 Å². The molecule has 1 N–H and O–H groups in total. The van der Waals surface area contributed by atoms with Gasteiger partial charge < -0.3 is 14.6 Å². The zero-order valence-corrected chi connectivity index (χ0v) is 6.91. The lowest BCUT2D eigenvalue weighted by Gasteiger charge is -2.15. The molecule has 0 aromatic carbocycles. The minimum atomic E-state index is -0.591. The molecule has 0 aromatic heterocycles. The number of rotatable bonds is 2. The summed E-state index contributed by atoms with van der Waals surface area (Å²) in [6, 6.07) is 0. The third-order valence-electron chi connectivity index (χ3n) is 1.63. The number of hydrogen-bond acceptors (Lipinski definition) is 3. The smallest absolute Gasteiger partial charge is 0.164 e. The Labute approximate surface area is 66.6 Å². The first-order valence-electron chi connectivity index (χ1n) is 3.68. The summed E-state index contributed by atoms with van der Waals surface area (Å²) in [5.41, 5.74) is 0. The van der Waals surface area contributed by atoms with E-state index >= 15 is 0 Å². The molecule has 1 rings (SSSR count). The van der Waals surface area contributed by atoms with E-state index in [-0.39, 0.29) is 18.8 Å². The summed E-state index contributed by atoms with van der Waals surface area (Å²) in [5, 5.41) is 8.85. The number of aliphatic hydroxyl groups is 1. The molecular weight excluding hydrogens is 144 g/mol. The standard InChI is InChI=1S/C8H14O3/c1-4-6-7(5-9)11-8(2,3)10-6/h4,6-7,9H,1,5H2,2-3H3. The van der Waals surface area contributed by atoms with Crippen LogP contribution in [0.5, 0.6) is 0 Å². The fourth-order valence-electron chi connectivity index (χ4n) is 1.20. The van der Waals surface area contributed by atoms with Crippen molar-refractivity contribution in [1.82, 2.24) is 0 Å². The van der Waals surface area contributed by atoms with Crippen LogP contribution in [0.1, 0.15) is 13.8 Å². The lowest BCUT2D eigenvalue weighted by molar-refractivity contribution is -0.146. The highest BCUT2D eigenvalue weighted by atomic mass is 16.8. The second kappa shape index (κ2) is 2.93. The average molecular weight is 158 g/mol. The van der Waals surface area contributed by atoms with Crippen LogP contribution in [-0.2, 0) is 9.47 Å². The van der Waals surface area contributed by atoms with Crippen LogP contribution < -0.4 is 0 Å². The first kappa shape index (κ1) is 8.71. The monoisotopic (exact) mass is 158 g/mol. The van der Waals surface area contributed by atoms with Gasteiger partial charge in [0, 0.05) is 0 Å². The first-order chi connectivity index (χ1) is 5.09. The second-order valence-corrected chi connectivity index (χ2v) is 3.06. The van der Waals surface area contributed by atoms with Gasteiger partial charge in [-0.2, -0.15) is 0 Å². The van der Waals surface area contributed by atoms with Crippen LogP contribution in [0.3, 0.4) is 0 Å². The van der Waals surface area contributed by atoms with Gasteiger partial charge in [0.25, 0.3) is 0 Å². The third kappa shape index (κ3) is 1.80. The van der Waals surface area contributed by atoms with Gasteiger partial charge in [0.15, 0.2) is 5.79 Å². The van der Waals surface area contributed by atoms with E-state index in [4.69, 9.17) is 14.6 Å². The van der Waals surface area contributed by atoms with Crippen LogP contribution in [0.25, 0.3) is 0 Å². The second-order valence-electron chi connectivity index (χ2n) is 3.06. The molecular formula is C8H14O3. The van der Waals surface area contributed by atoms with Gasteiger partial charge in [-0.1, -0.05) is 6.08 Å². The maximum Gasteiger partial charge on any atom is 0.164 e. The van der Waals surface area contributed by atoms with E-state index in [1.807, 2.05) is 13.8 Å². The maximum absolute atomic E-state index is 8.85. The van der Waals surface area contributed by atoms with Crippen LogP contribution in [0.2, 0.25) is 0 Å². The normalized spacial score (nSPS) is 35.5. The van der Waals surface area contributed by atoms with Crippen LogP contribution in [0, 0.1) is 0 Å². The fourth-order valence-corrected chi connectivity index (χ4v) is 1.20. The lowest BCUT2D eigenvalue weighted by Crippen LogP contribution is -2.24. The van der Waals surface area contributed by atoms with E-state index in [2.05, 4.69) is 6.58 Å². The predicted octanol–water partition coefficient (Wildman–Crippen LogP) is 0.685. The third-order valence-corrected chi connectivity index (χ3v) is 1.63. The maximum atomic E-state index is 8.85. The summed E-state index contributed by atoms with van der Waals surface area (Å²) >= 11 is 0. The molecule has 1 heterocycles.